The number of hydrogen-bond donors (Lipinski definition) is 0. The third-order valence-corrected chi connectivity index (χ3v) is 6.66. The van der Waals surface area contributed by atoms with E-state index >= 15 is 0 Å². The molecule has 1 aliphatic heterocycles. The van der Waals surface area contributed by atoms with Gasteiger partial charge in [0.2, 0.25) is 0 Å². The Bertz CT molecular complexity index is 1290. The lowest BCUT2D eigenvalue weighted by Gasteiger charge is -2.27. The Kier molecular flexibility index (Phi) is 7.31. The Morgan fingerprint density at radius 3 is 2.49 bits per heavy atom. The van der Waals surface area contributed by atoms with E-state index in [1.54, 1.807) is 6.26 Å². The Labute approximate surface area is 206 Å². The third kappa shape index (κ3) is 5.84. The molecule has 3 heterocycles. The normalized spacial score (nSPS) is 14.6. The Morgan fingerprint density at radius 1 is 0.886 bits per heavy atom. The summed E-state index contributed by atoms with van der Waals surface area (Å²) in [5.74, 6) is 2.41. The molecular formula is C29H33N3O3. The summed E-state index contributed by atoms with van der Waals surface area (Å²) in [4.78, 5) is 18.3. The number of rotatable bonds is 9. The van der Waals surface area contributed by atoms with Gasteiger partial charge in [0.05, 0.1) is 18.3 Å². The summed E-state index contributed by atoms with van der Waals surface area (Å²) in [6.07, 6.45) is 5.46. The molecule has 0 aliphatic carbocycles. The molecule has 0 atom stereocenters. The number of pyridine rings is 1. The molecule has 1 fully saturated rings. The van der Waals surface area contributed by atoms with Crippen LogP contribution < -0.4 is 10.3 Å². The van der Waals surface area contributed by atoms with Gasteiger partial charge < -0.3 is 18.6 Å². The topological polar surface area (TPSA) is 50.9 Å². The van der Waals surface area contributed by atoms with Crippen molar-refractivity contribution >= 4 is 10.9 Å². The first-order valence-corrected chi connectivity index (χ1v) is 12.5. The minimum atomic E-state index is 0.0673. The summed E-state index contributed by atoms with van der Waals surface area (Å²) >= 11 is 0. The van der Waals surface area contributed by atoms with Gasteiger partial charge in [-0.15, -0.1) is 0 Å². The molecule has 0 saturated carbocycles. The standard InChI is InChI=1S/C29H33N3O3/c1-30(22-27-11-8-18-34-27)21-24-19-23-12-13-26(35-25-9-4-2-5-10-25)20-28(23)32(29(24)33)17-16-31-14-6-3-7-15-31/h2,4-5,8-13,18-20H,3,6-7,14-17,21-22H2,1H3. The van der Waals surface area contributed by atoms with E-state index in [0.717, 1.165) is 53.4 Å². The molecule has 35 heavy (non-hydrogen) atoms. The van der Waals surface area contributed by atoms with E-state index in [4.69, 9.17) is 9.15 Å². The van der Waals surface area contributed by atoms with E-state index in [9.17, 15) is 4.79 Å². The zero-order chi connectivity index (χ0) is 24.0. The molecule has 0 N–H and O–H groups in total. The highest BCUT2D eigenvalue weighted by atomic mass is 16.5. The first-order chi connectivity index (χ1) is 17.2. The van der Waals surface area contributed by atoms with E-state index in [2.05, 4.69) is 15.9 Å². The quantitative estimate of drug-likeness (QED) is 0.322. The molecule has 6 nitrogen and oxygen atoms in total. The van der Waals surface area contributed by atoms with Crippen LogP contribution in [-0.2, 0) is 19.6 Å². The third-order valence-electron chi connectivity index (χ3n) is 6.66. The van der Waals surface area contributed by atoms with Crippen LogP contribution in [0.3, 0.4) is 0 Å². The fourth-order valence-corrected chi connectivity index (χ4v) is 4.87. The second-order valence-electron chi connectivity index (χ2n) is 9.42. The van der Waals surface area contributed by atoms with Crippen LogP contribution in [-0.4, -0.2) is 41.0 Å². The Balaban J connectivity index is 1.45. The number of ether oxygens (including phenoxy) is 1. The monoisotopic (exact) mass is 471 g/mol. The van der Waals surface area contributed by atoms with Crippen LogP contribution in [0, 0.1) is 0 Å². The number of piperidine rings is 1. The number of benzene rings is 2. The van der Waals surface area contributed by atoms with Gasteiger partial charge in [-0.05, 0) is 80.8 Å². The SMILES string of the molecule is CN(Cc1ccco1)Cc1cc2ccc(Oc3ccccc3)cc2n(CCN2CCCCC2)c1=O. The zero-order valence-corrected chi connectivity index (χ0v) is 20.4. The molecule has 0 unspecified atom stereocenters. The molecule has 0 bridgehead atoms. The van der Waals surface area contributed by atoms with Crippen molar-refractivity contribution in [3.8, 4) is 11.5 Å². The number of furan rings is 1. The van der Waals surface area contributed by atoms with Gasteiger partial charge in [0.25, 0.3) is 5.56 Å². The second kappa shape index (κ2) is 10.9. The molecule has 6 heteroatoms. The van der Waals surface area contributed by atoms with Crippen LogP contribution in [0.15, 0.2) is 82.2 Å². The maximum Gasteiger partial charge on any atom is 0.255 e. The molecule has 0 amide bonds. The molecule has 0 radical (unpaired) electrons. The highest BCUT2D eigenvalue weighted by Gasteiger charge is 2.15. The van der Waals surface area contributed by atoms with E-state index in [-0.39, 0.29) is 5.56 Å². The van der Waals surface area contributed by atoms with Crippen molar-refractivity contribution in [3.63, 3.8) is 0 Å². The lowest BCUT2D eigenvalue weighted by Crippen LogP contribution is -2.36. The predicted molar refractivity (Wildman–Crippen MR) is 139 cm³/mol. The van der Waals surface area contributed by atoms with Crippen LogP contribution in [0.4, 0.5) is 0 Å². The summed E-state index contributed by atoms with van der Waals surface area (Å²) in [6, 6.07) is 21.7. The van der Waals surface area contributed by atoms with E-state index in [1.165, 1.54) is 19.3 Å². The highest BCUT2D eigenvalue weighted by molar-refractivity contribution is 5.81. The van der Waals surface area contributed by atoms with Gasteiger partial charge in [-0.2, -0.15) is 0 Å². The van der Waals surface area contributed by atoms with Gasteiger partial charge in [0.1, 0.15) is 17.3 Å². The number of para-hydroxylation sites is 1. The lowest BCUT2D eigenvalue weighted by atomic mass is 10.1. The molecular weight excluding hydrogens is 438 g/mol. The maximum atomic E-state index is 13.7. The molecule has 182 valence electrons. The molecule has 0 spiro atoms. The molecule has 1 aliphatic rings. The Hall–Kier alpha value is -3.35. The smallest absolute Gasteiger partial charge is 0.255 e. The van der Waals surface area contributed by atoms with Crippen LogP contribution >= 0.6 is 0 Å². The summed E-state index contributed by atoms with van der Waals surface area (Å²) in [7, 11) is 2.01. The summed E-state index contributed by atoms with van der Waals surface area (Å²) in [5.41, 5.74) is 1.78. The minimum Gasteiger partial charge on any atom is -0.468 e. The molecule has 5 rings (SSSR count). The van der Waals surface area contributed by atoms with Crippen molar-refractivity contribution < 1.29 is 9.15 Å². The van der Waals surface area contributed by atoms with Crippen molar-refractivity contribution in [2.75, 3.05) is 26.7 Å². The number of aromatic nitrogens is 1. The van der Waals surface area contributed by atoms with Crippen molar-refractivity contribution in [3.05, 3.63) is 94.7 Å². The molecule has 4 aromatic rings. The summed E-state index contributed by atoms with van der Waals surface area (Å²) in [6.45, 7) is 4.98. The number of hydrogen-bond acceptors (Lipinski definition) is 5. The molecule has 2 aromatic carbocycles. The van der Waals surface area contributed by atoms with Gasteiger partial charge in [0, 0.05) is 31.3 Å². The number of likely N-dealkylation sites (tertiary alicyclic amines) is 1. The average Bonchev–Trinajstić information content (AvgIpc) is 3.38. The predicted octanol–water partition coefficient (Wildman–Crippen LogP) is 5.50. The minimum absolute atomic E-state index is 0.0673. The van der Waals surface area contributed by atoms with Gasteiger partial charge >= 0.3 is 0 Å². The summed E-state index contributed by atoms with van der Waals surface area (Å²) in [5, 5.41) is 1.05. The van der Waals surface area contributed by atoms with Crippen LogP contribution in [0.2, 0.25) is 0 Å². The van der Waals surface area contributed by atoms with Crippen molar-refractivity contribution in [2.24, 2.45) is 0 Å². The maximum absolute atomic E-state index is 13.7. The van der Waals surface area contributed by atoms with Crippen molar-refractivity contribution in [1.82, 2.24) is 14.4 Å². The fraction of sp³-hybridized carbons (Fsp3) is 0.345. The van der Waals surface area contributed by atoms with Gasteiger partial charge in [-0.1, -0.05) is 24.6 Å². The van der Waals surface area contributed by atoms with Crippen LogP contribution in [0.1, 0.15) is 30.6 Å². The largest absolute Gasteiger partial charge is 0.468 e. The van der Waals surface area contributed by atoms with Gasteiger partial charge in [-0.3, -0.25) is 9.69 Å². The lowest BCUT2D eigenvalue weighted by molar-refractivity contribution is 0.220. The average molecular weight is 472 g/mol. The second-order valence-corrected chi connectivity index (χ2v) is 9.42. The van der Waals surface area contributed by atoms with E-state index in [1.807, 2.05) is 72.3 Å². The Morgan fingerprint density at radius 2 is 1.71 bits per heavy atom. The first kappa shape index (κ1) is 23.4. The number of fused-ring (bicyclic) bond motifs is 1. The fourth-order valence-electron chi connectivity index (χ4n) is 4.87. The molecule has 1 saturated heterocycles. The zero-order valence-electron chi connectivity index (χ0n) is 20.4. The summed E-state index contributed by atoms with van der Waals surface area (Å²) < 4.78 is 13.5. The van der Waals surface area contributed by atoms with Crippen LogP contribution in [0.25, 0.3) is 10.9 Å². The van der Waals surface area contributed by atoms with E-state index in [0.29, 0.717) is 19.6 Å². The first-order valence-electron chi connectivity index (χ1n) is 12.5. The number of nitrogens with zero attached hydrogens (tertiary/aromatic N) is 3. The van der Waals surface area contributed by atoms with Crippen molar-refractivity contribution in [2.45, 2.75) is 38.9 Å². The van der Waals surface area contributed by atoms with E-state index < -0.39 is 0 Å². The van der Waals surface area contributed by atoms with Gasteiger partial charge in [-0.25, -0.2) is 0 Å². The highest BCUT2D eigenvalue weighted by Crippen LogP contribution is 2.26. The molecule has 2 aromatic heterocycles. The van der Waals surface area contributed by atoms with Crippen LogP contribution in [0.5, 0.6) is 11.5 Å². The van der Waals surface area contributed by atoms with Gasteiger partial charge in [0.15, 0.2) is 0 Å². The van der Waals surface area contributed by atoms with Crippen molar-refractivity contribution in [1.29, 1.82) is 0 Å².